The van der Waals surface area contributed by atoms with Gasteiger partial charge in [0, 0.05) is 37.0 Å². The predicted molar refractivity (Wildman–Crippen MR) is 173 cm³/mol. The van der Waals surface area contributed by atoms with E-state index in [1.165, 1.54) is 6.07 Å². The fourth-order valence-corrected chi connectivity index (χ4v) is 7.25. The van der Waals surface area contributed by atoms with Crippen molar-refractivity contribution < 1.29 is 28.6 Å². The van der Waals surface area contributed by atoms with Gasteiger partial charge in [-0.05, 0) is 54.8 Å². The highest BCUT2D eigenvalue weighted by molar-refractivity contribution is 6.07. The van der Waals surface area contributed by atoms with Crippen LogP contribution in [0.3, 0.4) is 0 Å². The van der Waals surface area contributed by atoms with Crippen LogP contribution >= 0.6 is 0 Å². The van der Waals surface area contributed by atoms with Gasteiger partial charge in [0.15, 0.2) is 11.2 Å². The van der Waals surface area contributed by atoms with Gasteiger partial charge in [-0.25, -0.2) is 14.2 Å². The molecule has 1 saturated carbocycles. The Hall–Kier alpha value is -5.00. The van der Waals surface area contributed by atoms with Gasteiger partial charge in [0.05, 0.1) is 44.8 Å². The lowest BCUT2D eigenvalue weighted by molar-refractivity contribution is -0.124. The summed E-state index contributed by atoms with van der Waals surface area (Å²) >= 11 is 0. The number of aromatic hydroxyl groups is 1. The van der Waals surface area contributed by atoms with Gasteiger partial charge < -0.3 is 29.4 Å². The number of phenolic OH excluding ortho intramolecular Hbond substituents is 1. The van der Waals surface area contributed by atoms with E-state index in [2.05, 4.69) is 26.4 Å². The number of urea groups is 1. The van der Waals surface area contributed by atoms with E-state index in [0.717, 1.165) is 45.7 Å². The molecule has 3 aliphatic heterocycles. The molecule has 248 valence electrons. The van der Waals surface area contributed by atoms with Crippen LogP contribution in [0.2, 0.25) is 0 Å². The number of imide groups is 1. The van der Waals surface area contributed by atoms with E-state index < -0.39 is 17.4 Å². The third-order valence-corrected chi connectivity index (χ3v) is 9.96. The van der Waals surface area contributed by atoms with E-state index in [0.29, 0.717) is 65.3 Å². The lowest BCUT2D eigenvalue weighted by Gasteiger charge is -2.38. The van der Waals surface area contributed by atoms with Crippen molar-refractivity contribution in [2.24, 2.45) is 5.41 Å². The van der Waals surface area contributed by atoms with Crippen LogP contribution < -0.4 is 20.3 Å². The van der Waals surface area contributed by atoms with Crippen LogP contribution in [0.1, 0.15) is 36.8 Å². The quantitative estimate of drug-likeness (QED) is 0.191. The second-order valence-electron chi connectivity index (χ2n) is 13.3. The number of phenols is 1. The van der Waals surface area contributed by atoms with Crippen molar-refractivity contribution in [3.63, 3.8) is 0 Å². The second-order valence-corrected chi connectivity index (χ2v) is 13.3. The summed E-state index contributed by atoms with van der Waals surface area (Å²) in [5.74, 6) is 2.24. The predicted octanol–water partition coefficient (Wildman–Crippen LogP) is 2.52. The van der Waals surface area contributed by atoms with Gasteiger partial charge in [-0.15, -0.1) is 6.42 Å². The van der Waals surface area contributed by atoms with Crippen LogP contribution in [0.25, 0.3) is 21.9 Å². The number of carbonyl (C=O) groups is 2. The topological polar surface area (TPSA) is 147 Å². The SMILES string of the molecule is C#Cc1c(F)ccc2cc(O)cc(Cn3cnc4c(OCC5(CN6CCOCC6)CC5)nc(N5CCCC6(C5)NC(=O)NC6=O)nc43)c12. The van der Waals surface area contributed by atoms with Crippen molar-refractivity contribution in [3.8, 4) is 24.0 Å². The highest BCUT2D eigenvalue weighted by Gasteiger charge is 2.49. The molecule has 14 heteroatoms. The summed E-state index contributed by atoms with van der Waals surface area (Å²) in [6.45, 7) is 5.52. The molecule has 5 heterocycles. The third-order valence-electron chi connectivity index (χ3n) is 9.96. The van der Waals surface area contributed by atoms with Crippen LogP contribution in [0.15, 0.2) is 30.6 Å². The van der Waals surface area contributed by atoms with E-state index in [-0.39, 0.29) is 35.7 Å². The number of hydrogen-bond acceptors (Lipinski definition) is 10. The van der Waals surface area contributed by atoms with Gasteiger partial charge in [0.25, 0.3) is 5.91 Å². The molecule has 1 aliphatic carbocycles. The Bertz CT molecular complexity index is 2000. The lowest BCUT2D eigenvalue weighted by atomic mass is 9.89. The number of halogens is 1. The number of nitrogens with one attached hydrogen (secondary N) is 2. The van der Waals surface area contributed by atoms with E-state index >= 15 is 0 Å². The average molecular weight is 655 g/mol. The highest BCUT2D eigenvalue weighted by Crippen LogP contribution is 2.47. The van der Waals surface area contributed by atoms with Crippen LogP contribution in [0.5, 0.6) is 11.6 Å². The molecule has 3 N–H and O–H groups in total. The number of rotatable bonds is 8. The molecule has 48 heavy (non-hydrogen) atoms. The number of hydrogen-bond donors (Lipinski definition) is 3. The van der Waals surface area contributed by atoms with Crippen molar-refractivity contribution in [3.05, 3.63) is 47.5 Å². The number of aromatic nitrogens is 4. The van der Waals surface area contributed by atoms with Crippen LogP contribution in [0, 0.1) is 23.6 Å². The molecule has 13 nitrogen and oxygen atoms in total. The molecule has 1 unspecified atom stereocenters. The standard InChI is InChI=1S/C34H35FN8O5/c1-2-24-25(35)5-4-21-14-23(44)15-22(26(21)24)16-43-20-36-27-28(43)37-31(42-9-3-6-34(18-42)30(45)39-32(46)40-34)38-29(27)48-19-33(7-8-33)17-41-10-12-47-13-11-41/h1,4-5,14-15,20,44H,3,6-13,16-19H2,(H2,39,40,45,46). The molecule has 8 rings (SSSR count). The van der Waals surface area contributed by atoms with Gasteiger partial charge in [-0.3, -0.25) is 15.0 Å². The Kier molecular flexibility index (Phi) is 7.34. The fraction of sp³-hybridized carbons (Fsp3) is 0.441. The summed E-state index contributed by atoms with van der Waals surface area (Å²) in [4.78, 5) is 43.7. The number of fused-ring (bicyclic) bond motifs is 2. The van der Waals surface area contributed by atoms with E-state index in [4.69, 9.17) is 25.9 Å². The molecule has 0 bridgehead atoms. The number of ether oxygens (including phenoxy) is 2. The minimum atomic E-state index is -1.08. The number of anilines is 1. The number of imidazole rings is 1. The maximum atomic E-state index is 14.8. The van der Waals surface area contributed by atoms with Crippen molar-refractivity contribution in [1.82, 2.24) is 35.1 Å². The van der Waals surface area contributed by atoms with Gasteiger partial charge in [0.2, 0.25) is 11.8 Å². The molecule has 2 aromatic heterocycles. The number of carbonyl (C=O) groups excluding carboxylic acids is 2. The Balaban J connectivity index is 1.17. The van der Waals surface area contributed by atoms with Crippen LogP contribution in [-0.2, 0) is 16.1 Å². The molecule has 1 spiro atoms. The zero-order valence-corrected chi connectivity index (χ0v) is 26.3. The molecule has 4 fully saturated rings. The number of terminal acetylenes is 1. The van der Waals surface area contributed by atoms with Crippen molar-refractivity contribution in [2.45, 2.75) is 37.8 Å². The number of amides is 3. The Labute approximate surface area is 275 Å². The normalized spacial score (nSPS) is 22.2. The van der Waals surface area contributed by atoms with Gasteiger partial charge >= 0.3 is 6.03 Å². The number of morpholine rings is 1. The molecule has 1 atom stereocenters. The van der Waals surface area contributed by atoms with Gasteiger partial charge in [0.1, 0.15) is 17.1 Å². The molecule has 4 aromatic rings. The van der Waals surface area contributed by atoms with Crippen LogP contribution in [0.4, 0.5) is 15.1 Å². The summed E-state index contributed by atoms with van der Waals surface area (Å²) in [6, 6.07) is 5.47. The highest BCUT2D eigenvalue weighted by atomic mass is 19.1. The van der Waals surface area contributed by atoms with Crippen LogP contribution in [-0.4, -0.2) is 99.5 Å². The molecule has 4 aliphatic rings. The van der Waals surface area contributed by atoms with E-state index in [1.54, 1.807) is 29.1 Å². The third kappa shape index (κ3) is 5.42. The first kappa shape index (κ1) is 30.3. The summed E-state index contributed by atoms with van der Waals surface area (Å²) < 4.78 is 28.6. The van der Waals surface area contributed by atoms with E-state index in [1.807, 2.05) is 4.90 Å². The number of nitrogens with zero attached hydrogens (tertiary/aromatic N) is 6. The zero-order valence-electron chi connectivity index (χ0n) is 26.3. The summed E-state index contributed by atoms with van der Waals surface area (Å²) in [5, 5.41) is 16.9. The molecular formula is C34H35FN8O5. The fourth-order valence-electron chi connectivity index (χ4n) is 7.25. The maximum absolute atomic E-state index is 14.8. The largest absolute Gasteiger partial charge is 0.508 e. The van der Waals surface area contributed by atoms with Crippen molar-refractivity contribution >= 4 is 39.8 Å². The Morgan fingerprint density at radius 2 is 1.96 bits per heavy atom. The first-order valence-corrected chi connectivity index (χ1v) is 16.2. The molecule has 2 aromatic carbocycles. The minimum Gasteiger partial charge on any atom is -0.508 e. The monoisotopic (exact) mass is 654 g/mol. The minimum absolute atomic E-state index is 0.00885. The molecular weight excluding hydrogens is 619 g/mol. The van der Waals surface area contributed by atoms with Gasteiger partial charge in [-0.2, -0.15) is 9.97 Å². The summed E-state index contributed by atoms with van der Waals surface area (Å²) in [7, 11) is 0. The average Bonchev–Trinajstić information content (AvgIpc) is 3.63. The van der Waals surface area contributed by atoms with E-state index in [9.17, 15) is 19.1 Å². The molecule has 3 saturated heterocycles. The van der Waals surface area contributed by atoms with Crippen molar-refractivity contribution in [1.29, 1.82) is 0 Å². The molecule has 3 amide bonds. The second kappa shape index (κ2) is 11.6. The number of piperidine rings is 1. The Morgan fingerprint density at radius 3 is 2.71 bits per heavy atom. The first-order chi connectivity index (χ1) is 23.2. The van der Waals surface area contributed by atoms with Gasteiger partial charge in [-0.1, -0.05) is 12.0 Å². The maximum Gasteiger partial charge on any atom is 0.322 e. The number of benzene rings is 2. The smallest absolute Gasteiger partial charge is 0.322 e. The summed E-state index contributed by atoms with van der Waals surface area (Å²) in [6.07, 6.45) is 10.6. The lowest BCUT2D eigenvalue weighted by Crippen LogP contribution is -2.59. The molecule has 0 radical (unpaired) electrons. The Morgan fingerprint density at radius 1 is 1.12 bits per heavy atom. The van der Waals surface area contributed by atoms with Crippen molar-refractivity contribution in [2.75, 3.05) is 57.4 Å². The zero-order chi connectivity index (χ0) is 33.0. The first-order valence-electron chi connectivity index (χ1n) is 16.2. The summed E-state index contributed by atoms with van der Waals surface area (Å²) in [5.41, 5.74) is 0.534.